The smallest absolute Gasteiger partial charge is 0.0621 e. The summed E-state index contributed by atoms with van der Waals surface area (Å²) in [5.41, 5.74) is 0. The fourth-order valence-corrected chi connectivity index (χ4v) is 1.54. The maximum absolute atomic E-state index is 3.33. The third-order valence-corrected chi connectivity index (χ3v) is 3.77. The zero-order chi connectivity index (χ0) is 4.78. The molecule has 0 heterocycles. The third kappa shape index (κ3) is 0.873. The molecule has 0 atom stereocenters. The minimum Gasteiger partial charge on any atom is -0.0621 e. The highest BCUT2D eigenvalue weighted by molar-refractivity contribution is 9.27. The van der Waals surface area contributed by atoms with Crippen LogP contribution in [0.3, 0.4) is 0 Å². The molecule has 0 saturated heterocycles. The van der Waals surface area contributed by atoms with Crippen molar-refractivity contribution in [2.24, 2.45) is 0 Å². The monoisotopic (exact) mass is 274 g/mol. The van der Waals surface area contributed by atoms with Crippen LogP contribution >= 0.6 is 47.8 Å². The molecule has 0 nitrogen and oxygen atoms in total. The van der Waals surface area contributed by atoms with Crippen LogP contribution < -0.4 is 0 Å². The summed E-state index contributed by atoms with van der Waals surface area (Å²) in [5.74, 6) is 0. The molecule has 0 aliphatic heterocycles. The van der Waals surface area contributed by atoms with Gasteiger partial charge in [0.15, 0.2) is 0 Å². The van der Waals surface area contributed by atoms with E-state index in [1.165, 1.54) is 4.48 Å². The second-order valence-corrected chi connectivity index (χ2v) is 5.54. The highest BCUT2D eigenvalue weighted by Crippen LogP contribution is 2.51. The zero-order valence-corrected chi connectivity index (χ0v) is 7.47. The quantitative estimate of drug-likeness (QED) is 0.597. The number of hydrogen-bond donors (Lipinski definition) is 0. The van der Waals surface area contributed by atoms with Gasteiger partial charge in [-0.05, 0) is 6.08 Å². The van der Waals surface area contributed by atoms with Gasteiger partial charge in [-0.2, -0.15) is 0 Å². The Hall–Kier alpha value is 1.18. The average Bonchev–Trinajstić information content (AvgIpc) is 1.73. The first kappa shape index (κ1) is 5.32. The fourth-order valence-electron chi connectivity index (χ4n) is 0.123. The van der Waals surface area contributed by atoms with Gasteiger partial charge in [-0.1, -0.05) is 47.8 Å². The SMILES string of the molecule is BrC1=CC1(Br)Br. The van der Waals surface area contributed by atoms with E-state index < -0.39 is 0 Å². The van der Waals surface area contributed by atoms with Crippen LogP contribution in [-0.2, 0) is 0 Å². The molecule has 0 aromatic carbocycles. The predicted molar refractivity (Wildman–Crippen MR) is 37.6 cm³/mol. The van der Waals surface area contributed by atoms with Crippen molar-refractivity contribution in [2.75, 3.05) is 0 Å². The minimum absolute atomic E-state index is 0.0417. The van der Waals surface area contributed by atoms with E-state index in [4.69, 9.17) is 0 Å². The van der Waals surface area contributed by atoms with Crippen molar-refractivity contribution in [3.05, 3.63) is 10.6 Å². The van der Waals surface area contributed by atoms with Gasteiger partial charge >= 0.3 is 0 Å². The second kappa shape index (κ2) is 1.33. The van der Waals surface area contributed by atoms with Crippen molar-refractivity contribution < 1.29 is 0 Å². The normalized spacial score (nSPS) is 26.2. The number of hydrogen-bond acceptors (Lipinski definition) is 0. The highest BCUT2D eigenvalue weighted by Gasteiger charge is 2.36. The summed E-state index contributed by atoms with van der Waals surface area (Å²) in [6.45, 7) is 0. The third-order valence-electron chi connectivity index (χ3n) is 0.543. The van der Waals surface area contributed by atoms with Crippen LogP contribution in [0, 0.1) is 0 Å². The van der Waals surface area contributed by atoms with Gasteiger partial charge in [0.05, 0.1) is 0 Å². The maximum atomic E-state index is 3.33. The minimum atomic E-state index is 0.0417. The Morgan fingerprint density at radius 1 is 1.50 bits per heavy atom. The first-order valence-corrected chi connectivity index (χ1v) is 3.77. The molecule has 1 aliphatic carbocycles. The fraction of sp³-hybridized carbons (Fsp3) is 0.333. The van der Waals surface area contributed by atoms with E-state index in [9.17, 15) is 0 Å². The molecule has 0 aromatic heterocycles. The van der Waals surface area contributed by atoms with Gasteiger partial charge in [-0.25, -0.2) is 0 Å². The van der Waals surface area contributed by atoms with Crippen molar-refractivity contribution in [1.29, 1.82) is 0 Å². The van der Waals surface area contributed by atoms with Crippen LogP contribution in [-0.4, -0.2) is 3.23 Å². The standard InChI is InChI=1S/C3HBr3/c4-2-1-3(2,5)6/h1H. The maximum Gasteiger partial charge on any atom is 0.131 e. The van der Waals surface area contributed by atoms with Crippen LogP contribution in [0.1, 0.15) is 0 Å². The number of halogens is 3. The number of alkyl halides is 2. The van der Waals surface area contributed by atoms with Crippen LogP contribution in [0.15, 0.2) is 10.6 Å². The molecular formula is C3HBr3. The summed E-state index contributed by atoms with van der Waals surface area (Å²) in [6.07, 6.45) is 2.02. The van der Waals surface area contributed by atoms with Crippen LogP contribution in [0.25, 0.3) is 0 Å². The molecule has 0 fully saturated rings. The molecule has 0 aromatic rings. The van der Waals surface area contributed by atoms with Gasteiger partial charge in [0.1, 0.15) is 3.23 Å². The lowest BCUT2D eigenvalue weighted by Crippen LogP contribution is -1.79. The summed E-state index contributed by atoms with van der Waals surface area (Å²) in [5, 5.41) is 0. The first-order chi connectivity index (χ1) is 2.63. The molecule has 6 heavy (non-hydrogen) atoms. The molecule has 0 spiro atoms. The summed E-state index contributed by atoms with van der Waals surface area (Å²) in [4.78, 5) is 0. The molecule has 0 radical (unpaired) electrons. The summed E-state index contributed by atoms with van der Waals surface area (Å²) >= 11 is 9.93. The molecule has 1 rings (SSSR count). The molecule has 0 bridgehead atoms. The van der Waals surface area contributed by atoms with Gasteiger partial charge in [0, 0.05) is 4.48 Å². The van der Waals surface area contributed by atoms with Gasteiger partial charge in [0.25, 0.3) is 0 Å². The van der Waals surface area contributed by atoms with E-state index in [0.717, 1.165) is 0 Å². The van der Waals surface area contributed by atoms with E-state index in [-0.39, 0.29) is 3.23 Å². The van der Waals surface area contributed by atoms with Crippen molar-refractivity contribution in [3.8, 4) is 0 Å². The van der Waals surface area contributed by atoms with E-state index in [2.05, 4.69) is 47.8 Å². The van der Waals surface area contributed by atoms with E-state index in [1.54, 1.807) is 0 Å². The molecule has 1 aliphatic rings. The van der Waals surface area contributed by atoms with Crippen molar-refractivity contribution in [2.45, 2.75) is 3.23 Å². The molecule has 0 amide bonds. The molecule has 3 heteroatoms. The van der Waals surface area contributed by atoms with E-state index in [1.807, 2.05) is 6.08 Å². The van der Waals surface area contributed by atoms with Gasteiger partial charge in [-0.3, -0.25) is 0 Å². The zero-order valence-electron chi connectivity index (χ0n) is 2.71. The second-order valence-electron chi connectivity index (χ2n) is 1.12. The predicted octanol–water partition coefficient (Wildman–Crippen LogP) is 2.76. The van der Waals surface area contributed by atoms with Crippen molar-refractivity contribution in [1.82, 2.24) is 0 Å². The Kier molecular flexibility index (Phi) is 1.18. The largest absolute Gasteiger partial charge is 0.131 e. The van der Waals surface area contributed by atoms with E-state index >= 15 is 0 Å². The Bertz CT molecular complexity index is 103. The van der Waals surface area contributed by atoms with Gasteiger partial charge in [-0.15, -0.1) is 0 Å². The van der Waals surface area contributed by atoms with E-state index in [0.29, 0.717) is 0 Å². The molecule has 0 unspecified atom stereocenters. The van der Waals surface area contributed by atoms with Gasteiger partial charge < -0.3 is 0 Å². The average molecular weight is 277 g/mol. The lowest BCUT2D eigenvalue weighted by molar-refractivity contribution is 1.65. The summed E-state index contributed by atoms with van der Waals surface area (Å²) in [7, 11) is 0. The summed E-state index contributed by atoms with van der Waals surface area (Å²) in [6, 6.07) is 0. The van der Waals surface area contributed by atoms with Crippen LogP contribution in [0.5, 0.6) is 0 Å². The lowest BCUT2D eigenvalue weighted by atomic mass is 10.9. The molecule has 0 saturated carbocycles. The van der Waals surface area contributed by atoms with Crippen molar-refractivity contribution >= 4 is 47.8 Å². The van der Waals surface area contributed by atoms with Crippen LogP contribution in [0.4, 0.5) is 0 Å². The number of allylic oxidation sites excluding steroid dienone is 2. The lowest BCUT2D eigenvalue weighted by Gasteiger charge is -1.87. The molecule has 0 N–H and O–H groups in total. The Morgan fingerprint density at radius 3 is 1.67 bits per heavy atom. The van der Waals surface area contributed by atoms with Crippen LogP contribution in [0.2, 0.25) is 0 Å². The van der Waals surface area contributed by atoms with Crippen molar-refractivity contribution in [3.63, 3.8) is 0 Å². The summed E-state index contributed by atoms with van der Waals surface area (Å²) < 4.78 is 1.22. The first-order valence-electron chi connectivity index (χ1n) is 1.39. The Balaban J connectivity index is 2.53. The molecule has 34 valence electrons. The highest BCUT2D eigenvalue weighted by atomic mass is 79.9. The van der Waals surface area contributed by atoms with Gasteiger partial charge in [0.2, 0.25) is 0 Å². The molecular weight excluding hydrogens is 276 g/mol. The Morgan fingerprint density at radius 2 is 1.67 bits per heavy atom. The Labute approximate surface area is 61.4 Å². The number of rotatable bonds is 0. The topological polar surface area (TPSA) is 0 Å².